The minimum Gasteiger partial charge on any atom is -0.494 e. The van der Waals surface area contributed by atoms with Crippen molar-refractivity contribution in [2.45, 2.75) is 19.8 Å². The summed E-state index contributed by atoms with van der Waals surface area (Å²) >= 11 is 5.19. The van der Waals surface area contributed by atoms with Crippen LogP contribution in [0.3, 0.4) is 0 Å². The van der Waals surface area contributed by atoms with Crippen molar-refractivity contribution in [3.05, 3.63) is 35.9 Å². The highest BCUT2D eigenvalue weighted by Gasteiger charge is 1.93. The Kier molecular flexibility index (Phi) is 5.65. The van der Waals surface area contributed by atoms with Crippen LogP contribution in [0.1, 0.15) is 25.3 Å². The van der Waals surface area contributed by atoms with Gasteiger partial charge in [-0.15, -0.1) is 0 Å². The molecular formula is C13H15ClO2. The van der Waals surface area contributed by atoms with E-state index in [1.165, 1.54) is 6.08 Å². The van der Waals surface area contributed by atoms with Crippen molar-refractivity contribution >= 4 is 22.9 Å². The van der Waals surface area contributed by atoms with Crippen LogP contribution in [0.2, 0.25) is 0 Å². The third kappa shape index (κ3) is 4.99. The summed E-state index contributed by atoms with van der Waals surface area (Å²) < 4.78 is 5.51. The molecule has 0 aliphatic rings. The monoisotopic (exact) mass is 238 g/mol. The molecule has 0 aliphatic heterocycles. The quantitative estimate of drug-likeness (QED) is 0.430. The first-order valence-electron chi connectivity index (χ1n) is 5.33. The molecule has 0 bridgehead atoms. The Hall–Kier alpha value is -1.28. The predicted octanol–water partition coefficient (Wildman–Crippen LogP) is 3.64. The minimum atomic E-state index is -0.469. The van der Waals surface area contributed by atoms with Gasteiger partial charge < -0.3 is 4.74 Å². The fourth-order valence-corrected chi connectivity index (χ4v) is 1.23. The summed E-state index contributed by atoms with van der Waals surface area (Å²) in [5.74, 6) is 0.850. The highest BCUT2D eigenvalue weighted by Crippen LogP contribution is 2.13. The minimum absolute atomic E-state index is 0.469. The van der Waals surface area contributed by atoms with Crippen LogP contribution >= 0.6 is 11.6 Å². The van der Waals surface area contributed by atoms with Crippen LogP contribution in [-0.4, -0.2) is 11.8 Å². The fraction of sp³-hybridized carbons (Fsp3) is 0.308. The Balaban J connectivity index is 2.51. The summed E-state index contributed by atoms with van der Waals surface area (Å²) in [6.45, 7) is 2.87. The zero-order valence-corrected chi connectivity index (χ0v) is 10.0. The molecule has 1 aromatic carbocycles. The molecule has 0 saturated heterocycles. The van der Waals surface area contributed by atoms with E-state index in [-0.39, 0.29) is 0 Å². The standard InChI is InChI=1S/C13H15ClO2/c1-2-3-10-16-12-7-4-11(5-8-12)6-9-13(14)15/h4-9H,2-3,10H2,1H3/b9-6+. The molecule has 0 atom stereocenters. The molecule has 3 heteroatoms. The summed E-state index contributed by atoms with van der Waals surface area (Å²) in [5, 5.41) is -0.469. The maximum absolute atomic E-state index is 10.5. The normalized spacial score (nSPS) is 10.6. The first-order valence-corrected chi connectivity index (χ1v) is 5.70. The van der Waals surface area contributed by atoms with Gasteiger partial charge in [-0.3, -0.25) is 4.79 Å². The summed E-state index contributed by atoms with van der Waals surface area (Å²) in [7, 11) is 0. The summed E-state index contributed by atoms with van der Waals surface area (Å²) in [5.41, 5.74) is 0.928. The Labute approximate surface area is 101 Å². The van der Waals surface area contributed by atoms with E-state index in [2.05, 4.69) is 6.92 Å². The lowest BCUT2D eigenvalue weighted by molar-refractivity contribution is -0.107. The number of ether oxygens (including phenoxy) is 1. The largest absolute Gasteiger partial charge is 0.494 e. The van der Waals surface area contributed by atoms with E-state index in [4.69, 9.17) is 16.3 Å². The third-order valence-electron chi connectivity index (χ3n) is 2.05. The van der Waals surface area contributed by atoms with Gasteiger partial charge >= 0.3 is 0 Å². The lowest BCUT2D eigenvalue weighted by Gasteiger charge is -2.04. The van der Waals surface area contributed by atoms with Crippen molar-refractivity contribution < 1.29 is 9.53 Å². The van der Waals surface area contributed by atoms with E-state index >= 15 is 0 Å². The van der Waals surface area contributed by atoms with Crippen LogP contribution in [0.4, 0.5) is 0 Å². The van der Waals surface area contributed by atoms with E-state index in [9.17, 15) is 4.79 Å². The Morgan fingerprint density at radius 1 is 1.38 bits per heavy atom. The predicted molar refractivity (Wildman–Crippen MR) is 66.7 cm³/mol. The van der Waals surface area contributed by atoms with E-state index in [1.807, 2.05) is 24.3 Å². The molecule has 0 fully saturated rings. The van der Waals surface area contributed by atoms with E-state index < -0.39 is 5.24 Å². The molecule has 86 valence electrons. The van der Waals surface area contributed by atoms with Crippen LogP contribution < -0.4 is 4.74 Å². The fourth-order valence-electron chi connectivity index (χ4n) is 1.17. The molecular weight excluding hydrogens is 224 g/mol. The number of allylic oxidation sites excluding steroid dienone is 1. The Morgan fingerprint density at radius 3 is 2.62 bits per heavy atom. The lowest BCUT2D eigenvalue weighted by Crippen LogP contribution is -1.95. The van der Waals surface area contributed by atoms with Gasteiger partial charge in [0.25, 0.3) is 0 Å². The molecule has 0 aromatic heterocycles. The smallest absolute Gasteiger partial charge is 0.245 e. The zero-order valence-electron chi connectivity index (χ0n) is 9.28. The number of rotatable bonds is 6. The molecule has 0 N–H and O–H groups in total. The molecule has 2 nitrogen and oxygen atoms in total. The molecule has 16 heavy (non-hydrogen) atoms. The molecule has 0 unspecified atom stereocenters. The van der Waals surface area contributed by atoms with Gasteiger partial charge in [0, 0.05) is 0 Å². The van der Waals surface area contributed by atoms with Gasteiger partial charge in [-0.25, -0.2) is 0 Å². The molecule has 0 spiro atoms. The second kappa shape index (κ2) is 7.07. The van der Waals surface area contributed by atoms with Crippen molar-refractivity contribution in [1.29, 1.82) is 0 Å². The third-order valence-corrected chi connectivity index (χ3v) is 2.18. The van der Waals surface area contributed by atoms with Crippen molar-refractivity contribution in [2.75, 3.05) is 6.61 Å². The second-order valence-corrected chi connectivity index (χ2v) is 3.78. The van der Waals surface area contributed by atoms with Gasteiger partial charge in [0.2, 0.25) is 5.24 Å². The van der Waals surface area contributed by atoms with E-state index in [0.717, 1.165) is 30.8 Å². The average Bonchev–Trinajstić information content (AvgIpc) is 2.28. The highest BCUT2D eigenvalue weighted by molar-refractivity contribution is 6.66. The molecule has 0 amide bonds. The summed E-state index contributed by atoms with van der Waals surface area (Å²) in [6, 6.07) is 7.54. The van der Waals surface area contributed by atoms with Crippen LogP contribution in [0.25, 0.3) is 6.08 Å². The first kappa shape index (κ1) is 12.8. The average molecular weight is 239 g/mol. The van der Waals surface area contributed by atoms with E-state index in [0.29, 0.717) is 0 Å². The summed E-state index contributed by atoms with van der Waals surface area (Å²) in [4.78, 5) is 10.5. The Morgan fingerprint density at radius 2 is 2.06 bits per heavy atom. The number of benzene rings is 1. The van der Waals surface area contributed by atoms with Gasteiger partial charge in [0.1, 0.15) is 5.75 Å². The van der Waals surface area contributed by atoms with Gasteiger partial charge in [-0.1, -0.05) is 31.6 Å². The van der Waals surface area contributed by atoms with Gasteiger partial charge in [-0.05, 0) is 41.8 Å². The van der Waals surface area contributed by atoms with Crippen molar-refractivity contribution in [3.8, 4) is 5.75 Å². The number of hydrogen-bond donors (Lipinski definition) is 0. The van der Waals surface area contributed by atoms with E-state index in [1.54, 1.807) is 6.08 Å². The van der Waals surface area contributed by atoms with Gasteiger partial charge in [0.15, 0.2) is 0 Å². The first-order chi connectivity index (χ1) is 7.72. The molecule has 1 aromatic rings. The highest BCUT2D eigenvalue weighted by atomic mass is 35.5. The SMILES string of the molecule is CCCCOc1ccc(/C=C/C(=O)Cl)cc1. The molecule has 0 saturated carbocycles. The van der Waals surface area contributed by atoms with Crippen molar-refractivity contribution in [1.82, 2.24) is 0 Å². The molecule has 0 radical (unpaired) electrons. The molecule has 1 rings (SSSR count). The maximum Gasteiger partial charge on any atom is 0.245 e. The number of carbonyl (C=O) groups excluding carboxylic acids is 1. The molecule has 0 aliphatic carbocycles. The number of carbonyl (C=O) groups is 1. The topological polar surface area (TPSA) is 26.3 Å². The van der Waals surface area contributed by atoms with Crippen LogP contribution in [-0.2, 0) is 4.79 Å². The van der Waals surface area contributed by atoms with Gasteiger partial charge in [0.05, 0.1) is 6.61 Å². The lowest BCUT2D eigenvalue weighted by atomic mass is 10.2. The zero-order chi connectivity index (χ0) is 11.8. The second-order valence-electron chi connectivity index (χ2n) is 3.41. The number of halogens is 1. The number of unbranched alkanes of at least 4 members (excludes halogenated alkanes) is 1. The maximum atomic E-state index is 10.5. The Bertz CT molecular complexity index is 355. The van der Waals surface area contributed by atoms with Crippen molar-refractivity contribution in [2.24, 2.45) is 0 Å². The summed E-state index contributed by atoms with van der Waals surface area (Å²) in [6.07, 6.45) is 5.18. The molecule has 0 heterocycles. The number of hydrogen-bond acceptors (Lipinski definition) is 2. The van der Waals surface area contributed by atoms with Gasteiger partial charge in [-0.2, -0.15) is 0 Å². The van der Waals surface area contributed by atoms with Crippen LogP contribution in [0.15, 0.2) is 30.3 Å². The van der Waals surface area contributed by atoms with Crippen LogP contribution in [0, 0.1) is 0 Å². The van der Waals surface area contributed by atoms with Crippen molar-refractivity contribution in [3.63, 3.8) is 0 Å². The van der Waals surface area contributed by atoms with Crippen LogP contribution in [0.5, 0.6) is 5.75 Å².